The maximum atomic E-state index is 12.9. The lowest BCUT2D eigenvalue weighted by molar-refractivity contribution is 0.0955. The fourth-order valence-electron chi connectivity index (χ4n) is 3.06. The lowest BCUT2D eigenvalue weighted by atomic mass is 10.1. The number of hydrogen-bond acceptors (Lipinski definition) is 4. The number of rotatable bonds is 6. The molecule has 0 atom stereocenters. The van der Waals surface area contributed by atoms with Crippen LogP contribution < -0.4 is 10.2 Å². The molecule has 0 aliphatic carbocycles. The van der Waals surface area contributed by atoms with E-state index in [4.69, 9.17) is 4.74 Å². The molecule has 3 aromatic carbocycles. The summed E-state index contributed by atoms with van der Waals surface area (Å²) in [5.41, 5.74) is 6.10. The van der Waals surface area contributed by atoms with Gasteiger partial charge in [-0.3, -0.25) is 4.79 Å². The lowest BCUT2D eigenvalue weighted by Gasteiger charge is -2.03. The van der Waals surface area contributed by atoms with Crippen molar-refractivity contribution in [3.63, 3.8) is 0 Å². The van der Waals surface area contributed by atoms with Gasteiger partial charge in [0.1, 0.15) is 11.4 Å². The monoisotopic (exact) mass is 396 g/mol. The van der Waals surface area contributed by atoms with Crippen molar-refractivity contribution in [1.29, 1.82) is 0 Å². The molecule has 4 rings (SSSR count). The fourth-order valence-corrected chi connectivity index (χ4v) is 3.06. The number of para-hydroxylation sites is 2. The molecule has 0 bridgehead atoms. The third kappa shape index (κ3) is 4.12. The molecule has 148 valence electrons. The van der Waals surface area contributed by atoms with Crippen molar-refractivity contribution >= 4 is 12.1 Å². The van der Waals surface area contributed by atoms with Gasteiger partial charge in [0.25, 0.3) is 5.91 Å². The molecule has 0 aliphatic heterocycles. The van der Waals surface area contributed by atoms with Crippen molar-refractivity contribution in [3.05, 3.63) is 102 Å². The second-order valence-corrected chi connectivity index (χ2v) is 6.48. The van der Waals surface area contributed by atoms with Crippen molar-refractivity contribution < 1.29 is 9.53 Å². The van der Waals surface area contributed by atoms with Crippen molar-refractivity contribution in [1.82, 2.24) is 15.2 Å². The first kappa shape index (κ1) is 19.1. The highest BCUT2D eigenvalue weighted by Gasteiger charge is 2.18. The van der Waals surface area contributed by atoms with Gasteiger partial charge in [0.05, 0.1) is 24.6 Å². The quantitative estimate of drug-likeness (QED) is 0.390. The van der Waals surface area contributed by atoms with Crippen LogP contribution in [0.2, 0.25) is 0 Å². The number of benzene rings is 3. The minimum absolute atomic E-state index is 0.345. The summed E-state index contributed by atoms with van der Waals surface area (Å²) >= 11 is 0. The lowest BCUT2D eigenvalue weighted by Crippen LogP contribution is -2.18. The number of ether oxygens (including phenoxy) is 1. The molecule has 4 aromatic rings. The first-order valence-corrected chi connectivity index (χ1v) is 9.43. The van der Waals surface area contributed by atoms with E-state index in [-0.39, 0.29) is 5.91 Å². The van der Waals surface area contributed by atoms with Crippen molar-refractivity contribution in [2.24, 2.45) is 5.10 Å². The average molecular weight is 396 g/mol. The molecule has 1 aromatic heterocycles. The summed E-state index contributed by atoms with van der Waals surface area (Å²) in [5, 5.41) is 8.75. The topological polar surface area (TPSA) is 68.5 Å². The van der Waals surface area contributed by atoms with Crippen molar-refractivity contribution in [2.45, 2.75) is 0 Å². The molecule has 0 saturated carbocycles. The smallest absolute Gasteiger partial charge is 0.275 e. The zero-order valence-corrected chi connectivity index (χ0v) is 16.4. The predicted molar refractivity (Wildman–Crippen MR) is 117 cm³/mol. The second-order valence-electron chi connectivity index (χ2n) is 6.48. The number of amides is 1. The van der Waals surface area contributed by atoms with E-state index in [1.807, 2.05) is 84.9 Å². The number of hydrogen-bond donors (Lipinski definition) is 1. The Balaban J connectivity index is 1.64. The molecule has 1 heterocycles. The largest absolute Gasteiger partial charge is 0.496 e. The van der Waals surface area contributed by atoms with Crippen LogP contribution in [-0.4, -0.2) is 29.0 Å². The van der Waals surface area contributed by atoms with E-state index in [9.17, 15) is 4.79 Å². The van der Waals surface area contributed by atoms with E-state index in [2.05, 4.69) is 15.6 Å². The molecule has 6 heteroatoms. The van der Waals surface area contributed by atoms with Gasteiger partial charge in [-0.15, -0.1) is 0 Å². The number of carbonyl (C=O) groups excluding carboxylic acids is 1. The van der Waals surface area contributed by atoms with Gasteiger partial charge < -0.3 is 4.74 Å². The Hall–Kier alpha value is -4.19. The molecule has 0 radical (unpaired) electrons. The summed E-state index contributed by atoms with van der Waals surface area (Å²) in [4.78, 5) is 12.9. The van der Waals surface area contributed by atoms with E-state index in [0.29, 0.717) is 17.0 Å². The maximum absolute atomic E-state index is 12.9. The average Bonchev–Trinajstić information content (AvgIpc) is 3.26. The molecular formula is C24H20N4O2. The summed E-state index contributed by atoms with van der Waals surface area (Å²) < 4.78 is 7.00. The van der Waals surface area contributed by atoms with E-state index >= 15 is 0 Å². The Morgan fingerprint density at radius 1 is 0.967 bits per heavy atom. The molecule has 1 N–H and O–H groups in total. The normalized spacial score (nSPS) is 10.8. The van der Waals surface area contributed by atoms with E-state index in [1.165, 1.54) is 0 Å². The SMILES string of the molecule is COc1ccccc1/C=N\NC(=O)c1cn(-c2ccccc2)nc1-c1ccccc1. The molecular weight excluding hydrogens is 376 g/mol. The van der Waals surface area contributed by atoms with Crippen LogP contribution in [0.15, 0.2) is 96.2 Å². The van der Waals surface area contributed by atoms with Gasteiger partial charge in [0.15, 0.2) is 0 Å². The summed E-state index contributed by atoms with van der Waals surface area (Å²) in [6.07, 6.45) is 3.27. The van der Waals surface area contributed by atoms with Gasteiger partial charge in [-0.2, -0.15) is 10.2 Å². The second kappa shape index (κ2) is 8.87. The van der Waals surface area contributed by atoms with Gasteiger partial charge >= 0.3 is 0 Å². The number of hydrazone groups is 1. The highest BCUT2D eigenvalue weighted by Crippen LogP contribution is 2.23. The Morgan fingerprint density at radius 2 is 1.63 bits per heavy atom. The first-order valence-electron chi connectivity index (χ1n) is 9.43. The Kier molecular flexibility index (Phi) is 5.66. The summed E-state index contributed by atoms with van der Waals surface area (Å²) in [6.45, 7) is 0. The summed E-state index contributed by atoms with van der Waals surface area (Å²) in [5.74, 6) is 0.333. The van der Waals surface area contributed by atoms with Crippen LogP contribution in [0, 0.1) is 0 Å². The number of nitrogens with zero attached hydrogens (tertiary/aromatic N) is 3. The zero-order valence-electron chi connectivity index (χ0n) is 16.4. The van der Waals surface area contributed by atoms with Crippen LogP contribution in [0.5, 0.6) is 5.75 Å². The van der Waals surface area contributed by atoms with Crippen molar-refractivity contribution in [2.75, 3.05) is 7.11 Å². The molecule has 6 nitrogen and oxygen atoms in total. The maximum Gasteiger partial charge on any atom is 0.275 e. The third-order valence-electron chi connectivity index (χ3n) is 4.54. The number of aromatic nitrogens is 2. The highest BCUT2D eigenvalue weighted by molar-refractivity contribution is 6.00. The van der Waals surface area contributed by atoms with Gasteiger partial charge in [-0.1, -0.05) is 60.7 Å². The standard InChI is InChI=1S/C24H20N4O2/c1-30-22-15-9-8-12-19(22)16-25-26-24(29)21-17-28(20-13-6-3-7-14-20)27-23(21)18-10-4-2-5-11-18/h2-17H,1H3,(H,26,29)/b25-16-. The Bertz CT molecular complexity index is 1170. The molecule has 1 amide bonds. The Labute approximate surface area is 174 Å². The predicted octanol–water partition coefficient (Wildman–Crippen LogP) is 4.31. The first-order chi connectivity index (χ1) is 14.8. The van der Waals surface area contributed by atoms with E-state index < -0.39 is 0 Å². The van der Waals surface area contributed by atoms with Crippen LogP contribution in [0.4, 0.5) is 0 Å². The van der Waals surface area contributed by atoms with E-state index in [0.717, 1.165) is 16.8 Å². The van der Waals surface area contributed by atoms with Crippen molar-refractivity contribution in [3.8, 4) is 22.7 Å². The minimum atomic E-state index is -0.345. The fraction of sp³-hybridized carbons (Fsp3) is 0.0417. The van der Waals surface area contributed by atoms with Crippen LogP contribution in [0.3, 0.4) is 0 Å². The zero-order chi connectivity index (χ0) is 20.8. The molecule has 30 heavy (non-hydrogen) atoms. The molecule has 0 unspecified atom stereocenters. The van der Waals surface area contributed by atoms with Crippen LogP contribution >= 0.6 is 0 Å². The van der Waals surface area contributed by atoms with Crippen LogP contribution in [0.1, 0.15) is 15.9 Å². The summed E-state index contributed by atoms with van der Waals surface area (Å²) in [6, 6.07) is 26.7. The third-order valence-corrected chi connectivity index (χ3v) is 4.54. The Morgan fingerprint density at radius 3 is 2.37 bits per heavy atom. The minimum Gasteiger partial charge on any atom is -0.496 e. The molecule has 0 saturated heterocycles. The van der Waals surface area contributed by atoms with E-state index in [1.54, 1.807) is 24.2 Å². The number of nitrogens with one attached hydrogen (secondary N) is 1. The van der Waals surface area contributed by atoms with Gasteiger partial charge in [0, 0.05) is 17.3 Å². The van der Waals surface area contributed by atoms with Gasteiger partial charge in [-0.25, -0.2) is 10.1 Å². The molecule has 0 fully saturated rings. The highest BCUT2D eigenvalue weighted by atomic mass is 16.5. The number of methoxy groups -OCH3 is 1. The van der Waals surface area contributed by atoms with Crippen LogP contribution in [-0.2, 0) is 0 Å². The number of carbonyl (C=O) groups is 1. The van der Waals surface area contributed by atoms with Gasteiger partial charge in [-0.05, 0) is 24.3 Å². The van der Waals surface area contributed by atoms with Gasteiger partial charge in [0.2, 0.25) is 0 Å². The molecule has 0 spiro atoms. The molecule has 0 aliphatic rings. The summed E-state index contributed by atoms with van der Waals surface area (Å²) in [7, 11) is 1.59. The van der Waals surface area contributed by atoms with Crippen LogP contribution in [0.25, 0.3) is 16.9 Å².